The summed E-state index contributed by atoms with van der Waals surface area (Å²) in [4.78, 5) is 25.9. The zero-order valence-corrected chi connectivity index (χ0v) is 33.4. The molecule has 286 valence electrons. The Kier molecular flexibility index (Phi) is 8.21. The highest BCUT2D eigenvalue weighted by atomic mass is 32.1. The maximum absolute atomic E-state index is 5.26. The molecule has 0 bridgehead atoms. The number of fused-ring (bicyclic) bond motifs is 5. The molecule has 0 spiro atoms. The number of aromatic nitrogens is 7. The highest BCUT2D eigenvalue weighted by molar-refractivity contribution is 7.25. The van der Waals surface area contributed by atoms with Gasteiger partial charge in [0.2, 0.25) is 0 Å². The molecular weight excluding hydrogens is 767 g/mol. The molecule has 12 aromatic rings. The molecule has 12 rings (SSSR count). The average Bonchev–Trinajstić information content (AvgIpc) is 4.04. The van der Waals surface area contributed by atoms with E-state index in [9.17, 15) is 0 Å². The maximum Gasteiger partial charge on any atom is 0.164 e. The van der Waals surface area contributed by atoms with E-state index < -0.39 is 0 Å². The summed E-state index contributed by atoms with van der Waals surface area (Å²) in [6.45, 7) is 0. The third-order valence-electron chi connectivity index (χ3n) is 11.2. The summed E-state index contributed by atoms with van der Waals surface area (Å²) < 4.78 is 6.75. The van der Waals surface area contributed by atoms with Gasteiger partial charge in [0.1, 0.15) is 11.3 Å². The van der Waals surface area contributed by atoms with Gasteiger partial charge in [-0.2, -0.15) is 0 Å². The Morgan fingerprint density at radius 1 is 0.311 bits per heavy atom. The quantitative estimate of drug-likeness (QED) is 0.161. The van der Waals surface area contributed by atoms with Crippen LogP contribution in [0.4, 0.5) is 0 Å². The van der Waals surface area contributed by atoms with Crippen molar-refractivity contribution in [1.82, 2.24) is 33.7 Å². The molecule has 0 saturated carbocycles. The van der Waals surface area contributed by atoms with E-state index in [-0.39, 0.29) is 0 Å². The molecule has 6 aromatic heterocycles. The lowest BCUT2D eigenvalue weighted by Crippen LogP contribution is -2.01. The predicted octanol–water partition coefficient (Wildman–Crippen LogP) is 13.2. The molecule has 0 unspecified atom stereocenters. The fraction of sp³-hybridized carbons (Fsp3) is 0. The van der Waals surface area contributed by atoms with Crippen LogP contribution < -0.4 is 0 Å². The number of hydrogen-bond acceptors (Lipinski definition) is 6. The van der Waals surface area contributed by atoms with E-state index in [2.05, 4.69) is 161 Å². The monoisotopic (exact) mass is 799 g/mol. The van der Waals surface area contributed by atoms with Crippen LogP contribution in [0.3, 0.4) is 0 Å². The van der Waals surface area contributed by atoms with E-state index in [4.69, 9.17) is 24.9 Å². The van der Waals surface area contributed by atoms with E-state index in [1.807, 2.05) is 48.5 Å². The molecule has 0 fully saturated rings. The van der Waals surface area contributed by atoms with Gasteiger partial charge in [-0.25, -0.2) is 24.9 Å². The van der Waals surface area contributed by atoms with Crippen molar-refractivity contribution in [3.8, 4) is 79.2 Å². The van der Waals surface area contributed by atoms with Gasteiger partial charge in [-0.3, -0.25) is 8.80 Å². The summed E-state index contributed by atoms with van der Waals surface area (Å²) in [5, 5.41) is 2.48. The molecular formula is C53H33N7S. The van der Waals surface area contributed by atoms with Gasteiger partial charge in [-0.05, 0) is 48.5 Å². The Hall–Kier alpha value is -8.07. The topological polar surface area (TPSA) is 73.3 Å². The normalized spacial score (nSPS) is 11.6. The Labute approximate surface area is 354 Å². The zero-order valence-electron chi connectivity index (χ0n) is 32.6. The molecule has 8 heteroatoms. The lowest BCUT2D eigenvalue weighted by molar-refractivity contribution is 1.07. The molecule has 0 atom stereocenters. The molecule has 0 radical (unpaired) electrons. The second-order valence-corrected chi connectivity index (χ2v) is 16.1. The summed E-state index contributed by atoms with van der Waals surface area (Å²) in [5.41, 5.74) is 12.4. The lowest BCUT2D eigenvalue weighted by Gasteiger charge is -2.12. The minimum absolute atomic E-state index is 0.582. The fourth-order valence-electron chi connectivity index (χ4n) is 8.38. The van der Waals surface area contributed by atoms with E-state index in [0.717, 1.165) is 73.0 Å². The highest BCUT2D eigenvalue weighted by Crippen LogP contribution is 2.39. The summed E-state index contributed by atoms with van der Waals surface area (Å²) in [5.74, 6) is 1.77. The van der Waals surface area contributed by atoms with E-state index in [1.54, 1.807) is 11.3 Å². The van der Waals surface area contributed by atoms with Gasteiger partial charge >= 0.3 is 0 Å². The van der Waals surface area contributed by atoms with Crippen LogP contribution in [-0.4, -0.2) is 33.7 Å². The van der Waals surface area contributed by atoms with Crippen molar-refractivity contribution < 1.29 is 0 Å². The minimum atomic E-state index is 0.582. The van der Waals surface area contributed by atoms with E-state index in [0.29, 0.717) is 17.5 Å². The second-order valence-electron chi connectivity index (χ2n) is 15.0. The molecule has 7 nitrogen and oxygen atoms in total. The molecule has 6 aromatic carbocycles. The first-order chi connectivity index (χ1) is 30.2. The lowest BCUT2D eigenvalue weighted by atomic mass is 10.0. The van der Waals surface area contributed by atoms with Crippen LogP contribution in [0, 0.1) is 0 Å². The summed E-state index contributed by atoms with van der Waals surface area (Å²) in [6.07, 6.45) is 4.14. The summed E-state index contributed by atoms with van der Waals surface area (Å²) in [6, 6.07) is 64.9. The first-order valence-corrected chi connectivity index (χ1v) is 21.0. The number of benzene rings is 6. The van der Waals surface area contributed by atoms with Gasteiger partial charge in [-0.1, -0.05) is 140 Å². The molecule has 0 aliphatic carbocycles. The predicted molar refractivity (Wildman–Crippen MR) is 248 cm³/mol. The third-order valence-corrected chi connectivity index (χ3v) is 12.3. The van der Waals surface area contributed by atoms with Crippen LogP contribution in [0.15, 0.2) is 200 Å². The molecule has 0 aliphatic heterocycles. The van der Waals surface area contributed by atoms with Crippen LogP contribution in [0.5, 0.6) is 0 Å². The molecule has 61 heavy (non-hydrogen) atoms. The van der Waals surface area contributed by atoms with Crippen molar-refractivity contribution in [1.29, 1.82) is 0 Å². The Morgan fingerprint density at radius 2 is 0.754 bits per heavy atom. The zero-order chi connectivity index (χ0) is 40.3. The molecule has 0 aliphatic rings. The number of nitrogens with zero attached hydrogens (tertiary/aromatic N) is 7. The SMILES string of the molecule is c1ccc(-c2nc3ccccn3c2-c2cccc(-c3nc(-c4cccc(-c5c(-c6ccccc6)nc6ccccn56)c4)nc(-c4ccc5c(c4)sc4ccccc45)n3)c2)cc1. The van der Waals surface area contributed by atoms with Crippen molar-refractivity contribution in [2.24, 2.45) is 0 Å². The van der Waals surface area contributed by atoms with Gasteiger partial charge in [0, 0.05) is 71.5 Å². The Balaban J connectivity index is 1.05. The average molecular weight is 800 g/mol. The van der Waals surface area contributed by atoms with Gasteiger partial charge in [0.05, 0.1) is 22.8 Å². The summed E-state index contributed by atoms with van der Waals surface area (Å²) >= 11 is 1.79. The Bertz CT molecular complexity index is 3430. The van der Waals surface area contributed by atoms with Crippen molar-refractivity contribution >= 4 is 42.8 Å². The van der Waals surface area contributed by atoms with Gasteiger partial charge < -0.3 is 0 Å². The van der Waals surface area contributed by atoms with Gasteiger partial charge in [-0.15, -0.1) is 11.3 Å². The van der Waals surface area contributed by atoms with Gasteiger partial charge in [0.25, 0.3) is 0 Å². The standard InChI is InChI=1S/C53H33N7S/c1-3-15-34(16-4-1)47-49(59-29-11-9-25-45(59)54-47)36-19-13-21-38(31-36)51-56-52(58-53(57-51)40-27-28-42-41-23-7-8-24-43(41)61-44(42)33-40)39-22-14-20-37(32-39)50-48(35-17-5-2-6-18-35)55-46-26-10-12-30-60(46)50/h1-33H. The molecule has 0 saturated heterocycles. The second kappa shape index (κ2) is 14.3. The highest BCUT2D eigenvalue weighted by Gasteiger charge is 2.20. The Morgan fingerprint density at radius 3 is 1.31 bits per heavy atom. The smallest absolute Gasteiger partial charge is 0.164 e. The molecule has 0 N–H and O–H groups in total. The van der Waals surface area contributed by atoms with E-state index in [1.165, 1.54) is 20.2 Å². The number of rotatable bonds is 7. The van der Waals surface area contributed by atoms with Crippen molar-refractivity contribution in [2.75, 3.05) is 0 Å². The van der Waals surface area contributed by atoms with Crippen LogP contribution in [0.2, 0.25) is 0 Å². The van der Waals surface area contributed by atoms with Gasteiger partial charge in [0.15, 0.2) is 17.5 Å². The molecule has 0 amide bonds. The fourth-order valence-corrected chi connectivity index (χ4v) is 9.52. The largest absolute Gasteiger partial charge is 0.299 e. The van der Waals surface area contributed by atoms with Crippen molar-refractivity contribution in [2.45, 2.75) is 0 Å². The van der Waals surface area contributed by atoms with Crippen LogP contribution >= 0.6 is 11.3 Å². The number of imidazole rings is 2. The molecule has 6 heterocycles. The first kappa shape index (κ1) is 34.9. The number of hydrogen-bond donors (Lipinski definition) is 0. The van der Waals surface area contributed by atoms with Crippen LogP contribution in [-0.2, 0) is 0 Å². The van der Waals surface area contributed by atoms with Crippen LogP contribution in [0.25, 0.3) is 111 Å². The number of pyridine rings is 2. The maximum atomic E-state index is 5.26. The number of thiophene rings is 1. The summed E-state index contributed by atoms with van der Waals surface area (Å²) in [7, 11) is 0. The van der Waals surface area contributed by atoms with Crippen molar-refractivity contribution in [3.63, 3.8) is 0 Å². The third kappa shape index (κ3) is 6.08. The first-order valence-electron chi connectivity index (χ1n) is 20.2. The minimum Gasteiger partial charge on any atom is -0.299 e. The van der Waals surface area contributed by atoms with Crippen molar-refractivity contribution in [3.05, 3.63) is 200 Å². The van der Waals surface area contributed by atoms with E-state index >= 15 is 0 Å². The van der Waals surface area contributed by atoms with Crippen LogP contribution in [0.1, 0.15) is 0 Å².